The first-order chi connectivity index (χ1) is 16.1. The molecule has 1 saturated heterocycles. The summed E-state index contributed by atoms with van der Waals surface area (Å²) >= 11 is 5.08. The second kappa shape index (κ2) is 10.1. The van der Waals surface area contributed by atoms with E-state index in [-0.39, 0.29) is 16.4 Å². The standard InChI is InChI=1S/C24H21F3N2O4S/c1-4-7-15-10-14(12-19(33-5-2)20(15)32-3)11-18-21(30)28-23(34)29(22(18)31)17-9-6-8-16(13-17)24(25,26)27/h4,6,8-13H,1,5,7H2,2-3H3,(H,28,30,34)/b18-11+. The van der Waals surface area contributed by atoms with Crippen molar-refractivity contribution in [3.05, 3.63) is 71.3 Å². The topological polar surface area (TPSA) is 67.9 Å². The van der Waals surface area contributed by atoms with Gasteiger partial charge in [-0.25, -0.2) is 0 Å². The Bertz CT molecular complexity index is 1190. The molecule has 2 aromatic carbocycles. The van der Waals surface area contributed by atoms with Crippen molar-refractivity contribution in [2.75, 3.05) is 18.6 Å². The fourth-order valence-electron chi connectivity index (χ4n) is 3.45. The second-order valence-corrected chi connectivity index (χ2v) is 7.53. The van der Waals surface area contributed by atoms with E-state index in [1.165, 1.54) is 19.3 Å². The number of methoxy groups -OCH3 is 1. The monoisotopic (exact) mass is 490 g/mol. The van der Waals surface area contributed by atoms with Crippen molar-refractivity contribution in [3.63, 3.8) is 0 Å². The molecule has 6 nitrogen and oxygen atoms in total. The van der Waals surface area contributed by atoms with E-state index in [0.29, 0.717) is 35.7 Å². The largest absolute Gasteiger partial charge is 0.493 e. The Balaban J connectivity index is 2.09. The van der Waals surface area contributed by atoms with Gasteiger partial charge in [-0.2, -0.15) is 13.2 Å². The van der Waals surface area contributed by atoms with Crippen LogP contribution in [0.15, 0.2) is 54.6 Å². The third-order valence-corrected chi connectivity index (χ3v) is 5.15. The van der Waals surface area contributed by atoms with Crippen LogP contribution in [0.5, 0.6) is 11.5 Å². The van der Waals surface area contributed by atoms with E-state index in [4.69, 9.17) is 21.7 Å². The molecule has 0 atom stereocenters. The molecular formula is C24H21F3N2O4S. The van der Waals surface area contributed by atoms with E-state index in [0.717, 1.165) is 23.1 Å². The lowest BCUT2D eigenvalue weighted by Crippen LogP contribution is -2.54. The minimum atomic E-state index is -4.61. The van der Waals surface area contributed by atoms with Gasteiger partial charge in [0.15, 0.2) is 16.6 Å². The SMILES string of the molecule is C=CCc1cc(/C=C2\C(=O)NC(=S)N(c3cccc(C(F)(F)F)c3)C2=O)cc(OCC)c1OC. The van der Waals surface area contributed by atoms with Crippen LogP contribution >= 0.6 is 12.2 Å². The molecule has 0 bridgehead atoms. The number of thiocarbonyl (C=S) groups is 1. The highest BCUT2D eigenvalue weighted by Gasteiger charge is 2.36. The van der Waals surface area contributed by atoms with Crippen molar-refractivity contribution in [2.45, 2.75) is 19.5 Å². The van der Waals surface area contributed by atoms with Crippen LogP contribution in [0.3, 0.4) is 0 Å². The van der Waals surface area contributed by atoms with Crippen LogP contribution in [-0.2, 0) is 22.2 Å². The summed E-state index contributed by atoms with van der Waals surface area (Å²) < 4.78 is 50.6. The van der Waals surface area contributed by atoms with Gasteiger partial charge in [0.25, 0.3) is 11.8 Å². The fraction of sp³-hybridized carbons (Fsp3) is 0.208. The predicted molar refractivity (Wildman–Crippen MR) is 126 cm³/mol. The third kappa shape index (κ3) is 5.12. The number of amides is 2. The summed E-state index contributed by atoms with van der Waals surface area (Å²) in [5, 5.41) is 2.05. The van der Waals surface area contributed by atoms with E-state index < -0.39 is 23.6 Å². The summed E-state index contributed by atoms with van der Waals surface area (Å²) in [7, 11) is 1.49. The molecule has 1 aliphatic heterocycles. The van der Waals surface area contributed by atoms with Gasteiger partial charge in [0.05, 0.1) is 25.0 Å². The maximum atomic E-state index is 13.2. The Morgan fingerprint density at radius 2 is 1.94 bits per heavy atom. The summed E-state index contributed by atoms with van der Waals surface area (Å²) in [5.41, 5.74) is -0.203. The molecular weight excluding hydrogens is 469 g/mol. The number of halogens is 3. The number of ether oxygens (including phenoxy) is 2. The molecule has 3 rings (SSSR count). The minimum absolute atomic E-state index is 0.118. The molecule has 0 spiro atoms. The van der Waals surface area contributed by atoms with E-state index in [1.54, 1.807) is 25.1 Å². The Labute approximate surface area is 199 Å². The van der Waals surface area contributed by atoms with Crippen LogP contribution in [0.4, 0.5) is 18.9 Å². The van der Waals surface area contributed by atoms with Crippen LogP contribution in [0.1, 0.15) is 23.6 Å². The fourth-order valence-corrected chi connectivity index (χ4v) is 3.73. The van der Waals surface area contributed by atoms with Gasteiger partial charge in [0, 0.05) is 5.56 Å². The maximum Gasteiger partial charge on any atom is 0.416 e. The summed E-state index contributed by atoms with van der Waals surface area (Å²) in [4.78, 5) is 26.7. The molecule has 1 fully saturated rings. The van der Waals surface area contributed by atoms with Gasteiger partial charge in [0.1, 0.15) is 5.57 Å². The number of alkyl halides is 3. The van der Waals surface area contributed by atoms with E-state index >= 15 is 0 Å². The molecule has 0 saturated carbocycles. The molecule has 0 radical (unpaired) electrons. The summed E-state index contributed by atoms with van der Waals surface area (Å²) in [6, 6.07) is 7.44. The number of allylic oxidation sites excluding steroid dienone is 1. The first-order valence-corrected chi connectivity index (χ1v) is 10.5. The van der Waals surface area contributed by atoms with Gasteiger partial charge in [0.2, 0.25) is 0 Å². The minimum Gasteiger partial charge on any atom is -0.493 e. The molecule has 10 heteroatoms. The highest BCUT2D eigenvalue weighted by atomic mass is 32.1. The maximum absolute atomic E-state index is 13.2. The molecule has 34 heavy (non-hydrogen) atoms. The number of benzene rings is 2. The zero-order valence-corrected chi connectivity index (χ0v) is 19.2. The molecule has 2 aromatic rings. The van der Waals surface area contributed by atoms with Crippen molar-refractivity contribution in [3.8, 4) is 11.5 Å². The van der Waals surface area contributed by atoms with E-state index in [2.05, 4.69) is 11.9 Å². The molecule has 1 N–H and O–H groups in total. The normalized spacial score (nSPS) is 15.4. The van der Waals surface area contributed by atoms with Gasteiger partial charge in [-0.05, 0) is 67.5 Å². The Morgan fingerprint density at radius 3 is 2.56 bits per heavy atom. The number of carbonyl (C=O) groups is 2. The lowest BCUT2D eigenvalue weighted by atomic mass is 10.0. The lowest BCUT2D eigenvalue weighted by Gasteiger charge is -2.29. The highest BCUT2D eigenvalue weighted by Crippen LogP contribution is 2.35. The van der Waals surface area contributed by atoms with Crippen LogP contribution < -0.4 is 19.7 Å². The van der Waals surface area contributed by atoms with Crippen molar-refractivity contribution in [1.29, 1.82) is 0 Å². The van der Waals surface area contributed by atoms with Gasteiger partial charge >= 0.3 is 6.18 Å². The Kier molecular flexibility index (Phi) is 7.41. The van der Waals surface area contributed by atoms with Crippen molar-refractivity contribution in [1.82, 2.24) is 5.32 Å². The summed E-state index contributed by atoms with van der Waals surface area (Å²) in [6.07, 6.45) is -1.19. The second-order valence-electron chi connectivity index (χ2n) is 7.14. The zero-order chi connectivity index (χ0) is 25.0. The number of hydrogen-bond donors (Lipinski definition) is 1. The van der Waals surface area contributed by atoms with Gasteiger partial charge in [-0.15, -0.1) is 6.58 Å². The zero-order valence-electron chi connectivity index (χ0n) is 18.4. The van der Waals surface area contributed by atoms with Gasteiger partial charge < -0.3 is 9.47 Å². The summed E-state index contributed by atoms with van der Waals surface area (Å²) in [6.45, 7) is 5.87. The quantitative estimate of drug-likeness (QED) is 0.264. The third-order valence-electron chi connectivity index (χ3n) is 4.87. The van der Waals surface area contributed by atoms with Crippen LogP contribution in [-0.4, -0.2) is 30.6 Å². The Hall–Kier alpha value is -3.66. The van der Waals surface area contributed by atoms with E-state index in [1.807, 2.05) is 0 Å². The van der Waals surface area contributed by atoms with Crippen molar-refractivity contribution < 1.29 is 32.2 Å². The van der Waals surface area contributed by atoms with Gasteiger partial charge in [-0.3, -0.25) is 19.8 Å². The Morgan fingerprint density at radius 1 is 1.21 bits per heavy atom. The van der Waals surface area contributed by atoms with Gasteiger partial charge in [-0.1, -0.05) is 12.1 Å². The first kappa shape index (κ1) is 25.0. The molecule has 0 aliphatic carbocycles. The highest BCUT2D eigenvalue weighted by molar-refractivity contribution is 7.80. The predicted octanol–water partition coefficient (Wildman–Crippen LogP) is 4.67. The molecule has 2 amide bonds. The number of nitrogens with zero attached hydrogens (tertiary/aromatic N) is 1. The van der Waals surface area contributed by atoms with Crippen LogP contribution in [0, 0.1) is 0 Å². The average molecular weight is 491 g/mol. The molecule has 178 valence electrons. The number of rotatable bonds is 7. The van der Waals surface area contributed by atoms with E-state index in [9.17, 15) is 22.8 Å². The first-order valence-electron chi connectivity index (χ1n) is 10.1. The molecule has 1 aliphatic rings. The van der Waals surface area contributed by atoms with Crippen molar-refractivity contribution in [2.24, 2.45) is 0 Å². The molecule has 0 unspecified atom stereocenters. The molecule has 0 aromatic heterocycles. The van der Waals surface area contributed by atoms with Crippen molar-refractivity contribution >= 4 is 40.9 Å². The lowest BCUT2D eigenvalue weighted by molar-refractivity contribution is -0.137. The molecule has 1 heterocycles. The number of anilines is 1. The average Bonchev–Trinajstić information content (AvgIpc) is 2.76. The summed E-state index contributed by atoms with van der Waals surface area (Å²) in [5.74, 6) is -0.718. The van der Waals surface area contributed by atoms with Crippen LogP contribution in [0.25, 0.3) is 6.08 Å². The number of nitrogens with one attached hydrogen (secondary N) is 1. The van der Waals surface area contributed by atoms with Crippen LogP contribution in [0.2, 0.25) is 0 Å². The number of carbonyl (C=O) groups excluding carboxylic acids is 2. The smallest absolute Gasteiger partial charge is 0.416 e. The number of hydrogen-bond acceptors (Lipinski definition) is 5.